The maximum atomic E-state index is 13.3. The Hall–Kier alpha value is -4.04. The van der Waals surface area contributed by atoms with Crippen LogP contribution in [-0.2, 0) is 13.1 Å². The summed E-state index contributed by atoms with van der Waals surface area (Å²) in [7, 11) is 0. The van der Waals surface area contributed by atoms with Gasteiger partial charge in [0.25, 0.3) is 11.5 Å². The van der Waals surface area contributed by atoms with Gasteiger partial charge in [-0.05, 0) is 66.4 Å². The first-order valence-electron chi connectivity index (χ1n) is 10.6. The van der Waals surface area contributed by atoms with Gasteiger partial charge in [-0.3, -0.25) is 19.1 Å². The molecule has 0 spiro atoms. The number of aromatic nitrogens is 4. The van der Waals surface area contributed by atoms with Gasteiger partial charge in [0, 0.05) is 24.0 Å². The minimum atomic E-state index is -0.794. The Bertz CT molecular complexity index is 1480. The normalized spacial score (nSPS) is 10.8. The van der Waals surface area contributed by atoms with Crippen LogP contribution in [0.5, 0.6) is 0 Å². The van der Waals surface area contributed by atoms with Gasteiger partial charge in [0.1, 0.15) is 0 Å². The number of hydrogen-bond donors (Lipinski definition) is 1. The van der Waals surface area contributed by atoms with E-state index in [9.17, 15) is 14.4 Å². The standard InChI is InChI=1S/C25H22ClN5O3/c1-16-7-8-20(13-17(16)2)31-25(34)30(15-19-5-3-4-6-21(19)26)24(33)22(29-31)23(32)28-14-18-9-11-27-12-10-18/h3-13H,14-15H2,1-2H3,(H,28,32). The number of pyridine rings is 1. The van der Waals surface area contributed by atoms with E-state index < -0.39 is 17.2 Å². The highest BCUT2D eigenvalue weighted by molar-refractivity contribution is 6.31. The number of benzene rings is 2. The molecule has 1 N–H and O–H groups in total. The van der Waals surface area contributed by atoms with Gasteiger partial charge in [0.2, 0.25) is 5.69 Å². The first-order chi connectivity index (χ1) is 16.3. The summed E-state index contributed by atoms with van der Waals surface area (Å²) >= 11 is 6.27. The number of carbonyl (C=O) groups is 1. The van der Waals surface area contributed by atoms with Crippen LogP contribution in [0.1, 0.15) is 32.7 Å². The lowest BCUT2D eigenvalue weighted by Crippen LogP contribution is -2.46. The van der Waals surface area contributed by atoms with Crippen LogP contribution >= 0.6 is 11.6 Å². The van der Waals surface area contributed by atoms with Gasteiger partial charge in [-0.25, -0.2) is 4.79 Å². The van der Waals surface area contributed by atoms with Crippen LogP contribution in [0.25, 0.3) is 5.69 Å². The topological polar surface area (TPSA) is 98.9 Å². The summed E-state index contributed by atoms with van der Waals surface area (Å²) in [5, 5.41) is 7.27. The minimum absolute atomic E-state index is 0.102. The third-order valence-electron chi connectivity index (χ3n) is 5.50. The Morgan fingerprint density at radius 2 is 1.74 bits per heavy atom. The molecule has 2 aromatic heterocycles. The first kappa shape index (κ1) is 23.1. The molecule has 0 radical (unpaired) electrons. The summed E-state index contributed by atoms with van der Waals surface area (Å²) in [6.45, 7) is 3.93. The quantitative estimate of drug-likeness (QED) is 0.462. The highest BCUT2D eigenvalue weighted by Crippen LogP contribution is 2.16. The fourth-order valence-electron chi connectivity index (χ4n) is 3.39. The lowest BCUT2D eigenvalue weighted by atomic mass is 10.1. The van der Waals surface area contributed by atoms with Gasteiger partial charge in [-0.2, -0.15) is 9.78 Å². The molecule has 0 atom stereocenters. The van der Waals surface area contributed by atoms with Crippen molar-refractivity contribution in [2.24, 2.45) is 0 Å². The number of nitrogens with zero attached hydrogens (tertiary/aromatic N) is 4. The fraction of sp³-hybridized carbons (Fsp3) is 0.160. The van der Waals surface area contributed by atoms with Gasteiger partial charge >= 0.3 is 5.69 Å². The van der Waals surface area contributed by atoms with Gasteiger partial charge < -0.3 is 5.32 Å². The smallest absolute Gasteiger partial charge is 0.346 e. The van der Waals surface area contributed by atoms with E-state index in [2.05, 4.69) is 15.4 Å². The largest absolute Gasteiger partial charge is 0.352 e. The average molecular weight is 476 g/mol. The summed E-state index contributed by atoms with van der Waals surface area (Å²) in [6, 6.07) is 15.8. The van der Waals surface area contributed by atoms with Crippen LogP contribution in [-0.4, -0.2) is 25.2 Å². The SMILES string of the molecule is Cc1ccc(-n2nc(C(=O)NCc3ccncc3)c(=O)n(Cc3ccccc3Cl)c2=O)cc1C. The van der Waals surface area contributed by atoms with Crippen LogP contribution in [0.3, 0.4) is 0 Å². The van der Waals surface area contributed by atoms with E-state index in [-0.39, 0.29) is 18.8 Å². The molecule has 8 nitrogen and oxygen atoms in total. The zero-order valence-electron chi connectivity index (χ0n) is 18.7. The molecule has 0 aliphatic heterocycles. The van der Waals surface area contributed by atoms with E-state index in [1.165, 1.54) is 0 Å². The molecule has 0 unspecified atom stereocenters. The molecule has 2 heterocycles. The van der Waals surface area contributed by atoms with Crippen molar-refractivity contribution in [3.8, 4) is 5.69 Å². The van der Waals surface area contributed by atoms with Crippen LogP contribution < -0.4 is 16.6 Å². The zero-order valence-corrected chi connectivity index (χ0v) is 19.4. The van der Waals surface area contributed by atoms with Crippen molar-refractivity contribution in [1.82, 2.24) is 24.6 Å². The Morgan fingerprint density at radius 1 is 1.00 bits per heavy atom. The van der Waals surface area contributed by atoms with Crippen LogP contribution in [0.15, 0.2) is 76.6 Å². The summed E-state index contributed by atoms with van der Waals surface area (Å²) < 4.78 is 2.05. The molecule has 9 heteroatoms. The van der Waals surface area contributed by atoms with E-state index >= 15 is 0 Å². The molecule has 4 rings (SSSR count). The van der Waals surface area contributed by atoms with E-state index in [1.54, 1.807) is 60.9 Å². The Kier molecular flexibility index (Phi) is 6.70. The van der Waals surface area contributed by atoms with Crippen molar-refractivity contribution in [2.45, 2.75) is 26.9 Å². The first-order valence-corrected chi connectivity index (χ1v) is 11.0. The van der Waals surface area contributed by atoms with E-state index in [4.69, 9.17) is 11.6 Å². The molecule has 0 saturated heterocycles. The van der Waals surface area contributed by atoms with Gasteiger partial charge in [-0.1, -0.05) is 35.9 Å². The third kappa shape index (κ3) is 4.82. The van der Waals surface area contributed by atoms with Crippen molar-refractivity contribution in [3.05, 3.63) is 121 Å². The zero-order chi connectivity index (χ0) is 24.2. The lowest BCUT2D eigenvalue weighted by Gasteiger charge is -2.14. The second kappa shape index (κ2) is 9.84. The van der Waals surface area contributed by atoms with Crippen molar-refractivity contribution >= 4 is 17.5 Å². The molecule has 172 valence electrons. The molecule has 0 bridgehead atoms. The number of amides is 1. The minimum Gasteiger partial charge on any atom is -0.346 e. The molecule has 0 aliphatic rings. The van der Waals surface area contributed by atoms with E-state index in [1.807, 2.05) is 19.9 Å². The van der Waals surface area contributed by atoms with E-state index in [0.29, 0.717) is 16.3 Å². The molecule has 34 heavy (non-hydrogen) atoms. The summed E-state index contributed by atoms with van der Waals surface area (Å²) in [5.41, 5.74) is 1.96. The highest BCUT2D eigenvalue weighted by Gasteiger charge is 2.21. The Balaban J connectivity index is 1.82. The molecular formula is C25H22ClN5O3. The number of carbonyl (C=O) groups excluding carboxylic acids is 1. The van der Waals surface area contributed by atoms with Crippen molar-refractivity contribution in [1.29, 1.82) is 0 Å². The van der Waals surface area contributed by atoms with Crippen LogP contribution in [0, 0.1) is 13.8 Å². The average Bonchev–Trinajstić information content (AvgIpc) is 2.84. The van der Waals surface area contributed by atoms with Gasteiger partial charge in [0.05, 0.1) is 12.2 Å². The van der Waals surface area contributed by atoms with E-state index in [0.717, 1.165) is 25.9 Å². The predicted molar refractivity (Wildman–Crippen MR) is 130 cm³/mol. The maximum Gasteiger partial charge on any atom is 0.352 e. The molecule has 0 fully saturated rings. The van der Waals surface area contributed by atoms with Crippen molar-refractivity contribution < 1.29 is 4.79 Å². The number of nitrogens with one attached hydrogen (secondary N) is 1. The molecule has 2 aromatic carbocycles. The monoisotopic (exact) mass is 475 g/mol. The summed E-state index contributed by atoms with van der Waals surface area (Å²) in [6.07, 6.45) is 3.21. The van der Waals surface area contributed by atoms with Crippen LogP contribution in [0.4, 0.5) is 0 Å². The molecule has 4 aromatic rings. The Labute approximate surface area is 200 Å². The second-order valence-electron chi connectivity index (χ2n) is 7.83. The van der Waals surface area contributed by atoms with Crippen LogP contribution in [0.2, 0.25) is 5.02 Å². The second-order valence-corrected chi connectivity index (χ2v) is 8.24. The number of halogens is 1. The van der Waals surface area contributed by atoms with Crippen molar-refractivity contribution in [2.75, 3.05) is 0 Å². The maximum absolute atomic E-state index is 13.3. The molecule has 0 aliphatic carbocycles. The molecule has 0 saturated carbocycles. The highest BCUT2D eigenvalue weighted by atomic mass is 35.5. The van der Waals surface area contributed by atoms with Gasteiger partial charge in [0.15, 0.2) is 0 Å². The number of hydrogen-bond acceptors (Lipinski definition) is 5. The lowest BCUT2D eigenvalue weighted by molar-refractivity contribution is 0.0941. The fourth-order valence-corrected chi connectivity index (χ4v) is 3.58. The molecule has 1 amide bonds. The summed E-state index contributed by atoms with van der Waals surface area (Å²) in [5.74, 6) is -0.688. The Morgan fingerprint density at radius 3 is 2.44 bits per heavy atom. The van der Waals surface area contributed by atoms with Crippen molar-refractivity contribution in [3.63, 3.8) is 0 Å². The summed E-state index contributed by atoms with van der Waals surface area (Å²) in [4.78, 5) is 43.5. The molecular weight excluding hydrogens is 454 g/mol. The number of rotatable bonds is 6. The van der Waals surface area contributed by atoms with Gasteiger partial charge in [-0.15, -0.1) is 0 Å². The number of aryl methyl sites for hydroxylation is 2. The third-order valence-corrected chi connectivity index (χ3v) is 5.87. The predicted octanol–water partition coefficient (Wildman–Crippen LogP) is 3.04.